The van der Waals surface area contributed by atoms with E-state index in [0.29, 0.717) is 6.54 Å². The van der Waals surface area contributed by atoms with Crippen molar-refractivity contribution in [2.45, 2.75) is 19.9 Å². The van der Waals surface area contributed by atoms with Crippen molar-refractivity contribution >= 4 is 0 Å². The molecule has 0 aliphatic rings. The fourth-order valence-corrected chi connectivity index (χ4v) is 1.74. The molecule has 1 heteroatoms. The van der Waals surface area contributed by atoms with Gasteiger partial charge < -0.3 is 5.73 Å². The van der Waals surface area contributed by atoms with E-state index in [0.717, 1.165) is 23.1 Å². The minimum absolute atomic E-state index is 0.576. The molecule has 0 saturated heterocycles. The Balaban J connectivity index is 2.19. The molecule has 0 spiro atoms. The Morgan fingerprint density at radius 2 is 1.61 bits per heavy atom. The maximum Gasteiger partial charge on any atom is 0.0251 e. The normalized spacial score (nSPS) is 9.67. The van der Waals surface area contributed by atoms with E-state index in [9.17, 15) is 0 Å². The average Bonchev–Trinajstić information content (AvgIpc) is 2.46. The van der Waals surface area contributed by atoms with Crippen LogP contribution in [0.2, 0.25) is 0 Å². The van der Waals surface area contributed by atoms with Crippen molar-refractivity contribution in [2.75, 3.05) is 0 Å². The molecular formula is C17H17N. The second-order valence-corrected chi connectivity index (χ2v) is 4.20. The molecule has 0 aromatic heterocycles. The molecular weight excluding hydrogens is 218 g/mol. The zero-order chi connectivity index (χ0) is 12.8. The lowest BCUT2D eigenvalue weighted by atomic mass is 10.1. The van der Waals surface area contributed by atoms with Gasteiger partial charge >= 0.3 is 0 Å². The van der Waals surface area contributed by atoms with Crippen LogP contribution in [-0.4, -0.2) is 0 Å². The van der Waals surface area contributed by atoms with Crippen molar-refractivity contribution in [3.8, 4) is 11.8 Å². The molecule has 0 amide bonds. The number of rotatable bonds is 2. The lowest BCUT2D eigenvalue weighted by Crippen LogP contribution is -1.95. The van der Waals surface area contributed by atoms with Crippen molar-refractivity contribution in [1.29, 1.82) is 0 Å². The molecule has 2 N–H and O–H groups in total. The summed E-state index contributed by atoms with van der Waals surface area (Å²) in [5.41, 5.74) is 10.1. The largest absolute Gasteiger partial charge is 0.326 e. The topological polar surface area (TPSA) is 26.0 Å². The van der Waals surface area contributed by atoms with E-state index in [1.807, 2.05) is 30.3 Å². The van der Waals surface area contributed by atoms with Crippen molar-refractivity contribution < 1.29 is 0 Å². The quantitative estimate of drug-likeness (QED) is 0.795. The van der Waals surface area contributed by atoms with Gasteiger partial charge in [-0.2, -0.15) is 0 Å². The van der Waals surface area contributed by atoms with Crippen molar-refractivity contribution in [2.24, 2.45) is 5.73 Å². The highest BCUT2D eigenvalue weighted by molar-refractivity contribution is 5.44. The summed E-state index contributed by atoms with van der Waals surface area (Å²) >= 11 is 0. The molecule has 1 nitrogen and oxygen atoms in total. The first-order valence-electron chi connectivity index (χ1n) is 6.22. The van der Waals surface area contributed by atoms with Crippen LogP contribution in [0.25, 0.3) is 0 Å². The monoisotopic (exact) mass is 235 g/mol. The maximum absolute atomic E-state index is 5.56. The molecule has 0 bridgehead atoms. The summed E-state index contributed by atoms with van der Waals surface area (Å²) in [6, 6.07) is 16.4. The van der Waals surface area contributed by atoms with Crippen LogP contribution in [0.1, 0.15) is 29.2 Å². The molecule has 0 heterocycles. The third kappa shape index (κ3) is 3.23. The predicted octanol–water partition coefficient (Wildman–Crippen LogP) is 3.11. The van der Waals surface area contributed by atoms with Gasteiger partial charge in [-0.25, -0.2) is 0 Å². The Hall–Kier alpha value is -2.04. The highest BCUT2D eigenvalue weighted by Gasteiger charge is 1.91. The maximum atomic E-state index is 5.56. The molecule has 0 radical (unpaired) electrons. The summed E-state index contributed by atoms with van der Waals surface area (Å²) in [6.07, 6.45) is 1.04. The molecule has 90 valence electrons. The van der Waals surface area contributed by atoms with Gasteiger partial charge in [-0.3, -0.25) is 0 Å². The lowest BCUT2D eigenvalue weighted by Gasteiger charge is -1.97. The van der Waals surface area contributed by atoms with E-state index in [4.69, 9.17) is 5.73 Å². The number of nitrogens with two attached hydrogens (primary N) is 1. The Morgan fingerprint density at radius 3 is 2.28 bits per heavy atom. The van der Waals surface area contributed by atoms with Crippen LogP contribution in [-0.2, 0) is 13.0 Å². The average molecular weight is 235 g/mol. The fraction of sp³-hybridized carbons (Fsp3) is 0.176. The van der Waals surface area contributed by atoms with E-state index in [-0.39, 0.29) is 0 Å². The van der Waals surface area contributed by atoms with Gasteiger partial charge in [-0.15, -0.1) is 0 Å². The van der Waals surface area contributed by atoms with E-state index in [2.05, 4.69) is 37.0 Å². The third-order valence-electron chi connectivity index (χ3n) is 2.88. The highest BCUT2D eigenvalue weighted by Crippen LogP contribution is 2.06. The van der Waals surface area contributed by atoms with E-state index in [1.165, 1.54) is 5.56 Å². The molecule has 2 aromatic rings. The molecule has 0 aliphatic heterocycles. The van der Waals surface area contributed by atoms with Gasteiger partial charge in [0.05, 0.1) is 0 Å². The van der Waals surface area contributed by atoms with Crippen molar-refractivity contribution in [3.63, 3.8) is 0 Å². The van der Waals surface area contributed by atoms with E-state index >= 15 is 0 Å². The zero-order valence-electron chi connectivity index (χ0n) is 10.6. The first-order valence-corrected chi connectivity index (χ1v) is 6.22. The van der Waals surface area contributed by atoms with Crippen LogP contribution in [0.3, 0.4) is 0 Å². The Morgan fingerprint density at radius 1 is 0.889 bits per heavy atom. The lowest BCUT2D eigenvalue weighted by molar-refractivity contribution is 1.07. The van der Waals surface area contributed by atoms with Gasteiger partial charge in [0.2, 0.25) is 0 Å². The third-order valence-corrected chi connectivity index (χ3v) is 2.88. The Kier molecular flexibility index (Phi) is 4.17. The van der Waals surface area contributed by atoms with Gasteiger partial charge in [0.1, 0.15) is 0 Å². The number of aryl methyl sites for hydroxylation is 1. The summed E-state index contributed by atoms with van der Waals surface area (Å²) in [4.78, 5) is 0. The predicted molar refractivity (Wildman–Crippen MR) is 76.1 cm³/mol. The highest BCUT2D eigenvalue weighted by atomic mass is 14.5. The first-order chi connectivity index (χ1) is 8.81. The van der Waals surface area contributed by atoms with Crippen LogP contribution in [0.5, 0.6) is 0 Å². The van der Waals surface area contributed by atoms with Crippen molar-refractivity contribution in [1.82, 2.24) is 0 Å². The molecule has 0 saturated carbocycles. The SMILES string of the molecule is CCc1cccc(C#Cc2ccc(CN)cc2)c1. The molecule has 2 aromatic carbocycles. The first kappa shape index (κ1) is 12.4. The molecule has 0 unspecified atom stereocenters. The van der Waals surface area contributed by atoms with Crippen LogP contribution in [0.4, 0.5) is 0 Å². The number of hydrogen-bond donors (Lipinski definition) is 1. The summed E-state index contributed by atoms with van der Waals surface area (Å²) in [7, 11) is 0. The standard InChI is InChI=1S/C17H17N/c1-2-14-4-3-5-16(12-14)9-6-15-7-10-17(13-18)11-8-15/h3-5,7-8,10-12H,2,13,18H2,1H3. The van der Waals surface area contributed by atoms with Crippen LogP contribution < -0.4 is 5.73 Å². The minimum Gasteiger partial charge on any atom is -0.326 e. The van der Waals surface area contributed by atoms with Gasteiger partial charge in [-0.1, -0.05) is 43.0 Å². The van der Waals surface area contributed by atoms with Crippen molar-refractivity contribution in [3.05, 3.63) is 70.8 Å². The summed E-state index contributed by atoms with van der Waals surface area (Å²) in [5, 5.41) is 0. The zero-order valence-corrected chi connectivity index (χ0v) is 10.6. The van der Waals surface area contributed by atoms with Gasteiger partial charge in [0.15, 0.2) is 0 Å². The Labute approximate surface area is 109 Å². The van der Waals surface area contributed by atoms with E-state index in [1.54, 1.807) is 0 Å². The molecule has 2 rings (SSSR count). The van der Waals surface area contributed by atoms with Gasteiger partial charge in [0, 0.05) is 17.7 Å². The second kappa shape index (κ2) is 6.05. The molecule has 18 heavy (non-hydrogen) atoms. The smallest absolute Gasteiger partial charge is 0.0251 e. The summed E-state index contributed by atoms with van der Waals surface area (Å²) < 4.78 is 0. The molecule has 0 aliphatic carbocycles. The second-order valence-electron chi connectivity index (χ2n) is 4.20. The van der Waals surface area contributed by atoms with Crippen LogP contribution in [0, 0.1) is 11.8 Å². The number of benzene rings is 2. The Bertz CT molecular complexity index is 571. The van der Waals surface area contributed by atoms with E-state index < -0.39 is 0 Å². The fourth-order valence-electron chi connectivity index (χ4n) is 1.74. The summed E-state index contributed by atoms with van der Waals surface area (Å²) in [6.45, 7) is 2.73. The van der Waals surface area contributed by atoms with Gasteiger partial charge in [0.25, 0.3) is 0 Å². The number of hydrogen-bond acceptors (Lipinski definition) is 1. The van der Waals surface area contributed by atoms with Crippen LogP contribution in [0.15, 0.2) is 48.5 Å². The van der Waals surface area contributed by atoms with Gasteiger partial charge in [-0.05, 0) is 41.8 Å². The minimum atomic E-state index is 0.576. The molecule has 0 atom stereocenters. The summed E-state index contributed by atoms with van der Waals surface area (Å²) in [5.74, 6) is 6.36. The molecule has 0 fully saturated rings. The van der Waals surface area contributed by atoms with Crippen LogP contribution >= 0.6 is 0 Å².